The van der Waals surface area contributed by atoms with Crippen LogP contribution in [0.25, 0.3) is 0 Å². The minimum Gasteiger partial charge on any atom is -0.0683 e. The van der Waals surface area contributed by atoms with Gasteiger partial charge >= 0.3 is 0 Å². The second-order valence-corrected chi connectivity index (χ2v) is 33.8. The van der Waals surface area contributed by atoms with E-state index in [1.54, 1.807) is 0 Å². The highest BCUT2D eigenvalue weighted by Crippen LogP contribution is 2.40. The molecule has 8 fully saturated rings. The predicted molar refractivity (Wildman–Crippen MR) is 451 cm³/mol. The van der Waals surface area contributed by atoms with Crippen molar-refractivity contribution in [2.75, 3.05) is 0 Å². The van der Waals surface area contributed by atoms with Crippen LogP contribution in [0.2, 0.25) is 0 Å². The standard InChI is InChI=1S/4C10H20.2C9H18.2C8H16.C4H10.8C2H6/c2*1-8(2)10-6-4-9(3)5-7-10;2*1-8(2)10-6-4-5-9(3)7-10;2*1-7(2)9-5-4-8(3)6-9;2*1-6(2)8-4-7(3)5-8;1-4(2)3;8*1-2/h4*8-10H,4-7H2,1-3H3;2*7-9H,4-6H2,1-3H3;2*6-8H,4-5H2,1-3H3;4H,1-3H3;8*1-2H3. The zero-order chi connectivity index (χ0) is 75.8. The Kier molecular flexibility index (Phi) is 92.4. The third-order valence-electron chi connectivity index (χ3n) is 21.9. The van der Waals surface area contributed by atoms with Crippen molar-refractivity contribution in [3.05, 3.63) is 0 Å². The third kappa shape index (κ3) is 67.8. The van der Waals surface area contributed by atoms with E-state index in [0.717, 1.165) is 148 Å². The first-order valence-corrected chi connectivity index (χ1v) is 44.3. The summed E-state index contributed by atoms with van der Waals surface area (Å²) < 4.78 is 0. The van der Waals surface area contributed by atoms with Gasteiger partial charge in [-0.05, 0) is 238 Å². The van der Waals surface area contributed by atoms with E-state index in [4.69, 9.17) is 0 Å². The highest BCUT2D eigenvalue weighted by Gasteiger charge is 2.29. The lowest BCUT2D eigenvalue weighted by Crippen LogP contribution is -2.25. The van der Waals surface area contributed by atoms with Crippen LogP contribution >= 0.6 is 0 Å². The van der Waals surface area contributed by atoms with Gasteiger partial charge in [-0.25, -0.2) is 0 Å². The Morgan fingerprint density at radius 1 is 0.149 bits per heavy atom. The lowest BCUT2D eigenvalue weighted by Gasteiger charge is -2.35. The van der Waals surface area contributed by atoms with Gasteiger partial charge in [-0.3, -0.25) is 0 Å². The molecule has 0 aliphatic heterocycles. The molecule has 8 rings (SSSR count). The van der Waals surface area contributed by atoms with Gasteiger partial charge in [-0.2, -0.15) is 0 Å². The topological polar surface area (TPSA) is 0 Å². The average Bonchev–Trinajstić information content (AvgIpc) is 1.50. The van der Waals surface area contributed by atoms with E-state index in [-0.39, 0.29) is 0 Å². The molecule has 0 heteroatoms. The summed E-state index contributed by atoms with van der Waals surface area (Å²) in [6.45, 7) is 95.1. The summed E-state index contributed by atoms with van der Waals surface area (Å²) >= 11 is 0. The summed E-state index contributed by atoms with van der Waals surface area (Å²) in [5.74, 6) is 24.7. The fourth-order valence-corrected chi connectivity index (χ4v) is 14.8. The summed E-state index contributed by atoms with van der Waals surface area (Å²) in [4.78, 5) is 0. The molecule has 0 amide bonds. The van der Waals surface area contributed by atoms with Crippen LogP contribution in [0.4, 0.5) is 0 Å². The summed E-state index contributed by atoms with van der Waals surface area (Å²) in [5, 5.41) is 0. The Morgan fingerprint density at radius 3 is 0.404 bits per heavy atom. The molecule has 8 unspecified atom stereocenters. The Labute approximate surface area is 609 Å². The van der Waals surface area contributed by atoms with Crippen molar-refractivity contribution < 1.29 is 0 Å². The first-order chi connectivity index (χ1) is 44.3. The zero-order valence-corrected chi connectivity index (χ0v) is 75.8. The molecule has 8 aliphatic rings. The first-order valence-electron chi connectivity index (χ1n) is 44.3. The maximum absolute atomic E-state index is 2.40. The molecule has 0 aromatic rings. The first kappa shape index (κ1) is 113. The summed E-state index contributed by atoms with van der Waals surface area (Å²) in [5.41, 5.74) is 0. The fraction of sp³-hybridized carbons (Fsp3) is 1.00. The molecule has 8 aliphatic carbocycles. The van der Waals surface area contributed by atoms with E-state index in [2.05, 4.69) is 187 Å². The van der Waals surface area contributed by atoms with Crippen molar-refractivity contribution in [2.45, 2.75) is 465 Å². The van der Waals surface area contributed by atoms with Gasteiger partial charge in [0, 0.05) is 0 Å². The number of rotatable bonds is 8. The zero-order valence-electron chi connectivity index (χ0n) is 75.8. The van der Waals surface area contributed by atoms with E-state index in [1.165, 1.54) is 167 Å². The molecule has 582 valence electrons. The second-order valence-electron chi connectivity index (χ2n) is 33.8. The van der Waals surface area contributed by atoms with Crippen LogP contribution in [0.1, 0.15) is 465 Å². The Hall–Kier alpha value is 0. The van der Waals surface area contributed by atoms with Crippen LogP contribution in [-0.4, -0.2) is 0 Å². The van der Waals surface area contributed by atoms with Crippen molar-refractivity contribution in [3.8, 4) is 0 Å². The molecule has 0 spiro atoms. The monoisotopic (exact) mass is 1340 g/mol. The number of hydrogen-bond donors (Lipinski definition) is 0. The summed E-state index contributed by atoms with van der Waals surface area (Å²) in [6, 6.07) is 0. The highest BCUT2D eigenvalue weighted by molar-refractivity contribution is 4.80. The Bertz CT molecular complexity index is 1200. The molecule has 94 heavy (non-hydrogen) atoms. The molecular formula is C94H206. The van der Waals surface area contributed by atoms with Crippen LogP contribution in [0.3, 0.4) is 0 Å². The van der Waals surface area contributed by atoms with Gasteiger partial charge < -0.3 is 0 Å². The smallest absolute Gasteiger partial charge is 0.0386 e. The molecule has 0 nitrogen and oxygen atoms in total. The van der Waals surface area contributed by atoms with E-state index in [1.807, 2.05) is 111 Å². The Morgan fingerprint density at radius 2 is 0.287 bits per heavy atom. The van der Waals surface area contributed by atoms with Crippen molar-refractivity contribution in [1.82, 2.24) is 0 Å². The van der Waals surface area contributed by atoms with Gasteiger partial charge in [-0.15, -0.1) is 0 Å². The van der Waals surface area contributed by atoms with Gasteiger partial charge in [0.2, 0.25) is 0 Å². The van der Waals surface area contributed by atoms with Crippen LogP contribution in [-0.2, 0) is 0 Å². The quantitative estimate of drug-likeness (QED) is 0.227. The van der Waals surface area contributed by atoms with Gasteiger partial charge in [0.05, 0.1) is 0 Å². The van der Waals surface area contributed by atoms with Gasteiger partial charge in [0.1, 0.15) is 0 Å². The fourth-order valence-electron chi connectivity index (χ4n) is 14.8. The molecular weight excluding hydrogens is 1130 g/mol. The lowest BCUT2D eigenvalue weighted by molar-refractivity contribution is 0.156. The minimum absolute atomic E-state index is 0.833. The van der Waals surface area contributed by atoms with E-state index in [9.17, 15) is 0 Å². The SMILES string of the molecule is CC.CC.CC.CC.CC.CC.CC.CC.CC(C)C.CC1CC(C(C)C)C1.CC1CC(C(C)C)C1.CC1CCC(C(C)C)C1.CC1CCC(C(C)C)C1.CC1CCC(C(C)C)CC1.CC1CCC(C(C)C)CC1.CC1CCCC(C(C)C)C1.CC1CCCC(C(C)C)C1. The van der Waals surface area contributed by atoms with E-state index >= 15 is 0 Å². The average molecular weight is 1340 g/mol. The molecule has 8 atom stereocenters. The molecule has 0 bridgehead atoms. The second kappa shape index (κ2) is 77.2. The predicted octanol–water partition coefficient (Wildman–Crippen LogP) is 35.3. The van der Waals surface area contributed by atoms with Gasteiger partial charge in [-0.1, -0.05) is 375 Å². The Balaban J connectivity index is -0.000000121. The molecule has 0 saturated heterocycles. The molecule has 0 aromatic carbocycles. The summed E-state index contributed by atoms with van der Waals surface area (Å²) in [6.07, 6.45) is 38.5. The minimum atomic E-state index is 0.833. The molecule has 0 N–H and O–H groups in total. The van der Waals surface area contributed by atoms with Crippen molar-refractivity contribution in [3.63, 3.8) is 0 Å². The van der Waals surface area contributed by atoms with Crippen molar-refractivity contribution in [2.24, 2.45) is 148 Å². The molecule has 0 radical (unpaired) electrons. The normalized spacial score (nSPS) is 29.0. The molecule has 0 aromatic heterocycles. The molecule has 0 heterocycles. The van der Waals surface area contributed by atoms with E-state index in [0.29, 0.717) is 0 Å². The number of hydrogen-bond acceptors (Lipinski definition) is 0. The largest absolute Gasteiger partial charge is 0.0683 e. The van der Waals surface area contributed by atoms with Crippen molar-refractivity contribution in [1.29, 1.82) is 0 Å². The van der Waals surface area contributed by atoms with Gasteiger partial charge in [0.15, 0.2) is 0 Å². The lowest BCUT2D eigenvalue weighted by atomic mass is 9.71. The van der Waals surface area contributed by atoms with Crippen LogP contribution in [0.15, 0.2) is 0 Å². The van der Waals surface area contributed by atoms with Crippen LogP contribution < -0.4 is 0 Å². The van der Waals surface area contributed by atoms with Crippen LogP contribution in [0, 0.1) is 148 Å². The molecule has 8 saturated carbocycles. The van der Waals surface area contributed by atoms with Crippen molar-refractivity contribution >= 4 is 0 Å². The highest BCUT2D eigenvalue weighted by atomic mass is 14.3. The third-order valence-corrected chi connectivity index (χ3v) is 21.9. The van der Waals surface area contributed by atoms with Crippen LogP contribution in [0.5, 0.6) is 0 Å². The maximum Gasteiger partial charge on any atom is -0.0386 e. The summed E-state index contributed by atoms with van der Waals surface area (Å²) in [7, 11) is 0. The van der Waals surface area contributed by atoms with Gasteiger partial charge in [0.25, 0.3) is 0 Å². The van der Waals surface area contributed by atoms with E-state index < -0.39 is 0 Å². The maximum atomic E-state index is 2.40.